The number of anilines is 1. The van der Waals surface area contributed by atoms with Gasteiger partial charge in [-0.3, -0.25) is 0 Å². The van der Waals surface area contributed by atoms with E-state index >= 15 is 0 Å². The Kier molecular flexibility index (Phi) is 3.24. The van der Waals surface area contributed by atoms with Gasteiger partial charge >= 0.3 is 0 Å². The van der Waals surface area contributed by atoms with Gasteiger partial charge in [0.05, 0.1) is 31.6 Å². The van der Waals surface area contributed by atoms with Gasteiger partial charge in [0.15, 0.2) is 5.75 Å². The van der Waals surface area contributed by atoms with Gasteiger partial charge in [-0.05, 0) is 12.8 Å². The van der Waals surface area contributed by atoms with E-state index in [2.05, 4.69) is 15.3 Å². The maximum absolute atomic E-state index is 9.44. The Labute approximate surface area is 94.9 Å². The summed E-state index contributed by atoms with van der Waals surface area (Å²) in [4.78, 5) is 8.30. The second-order valence-electron chi connectivity index (χ2n) is 4.22. The second kappa shape index (κ2) is 4.65. The predicted molar refractivity (Wildman–Crippen MR) is 60.5 cm³/mol. The smallest absolute Gasteiger partial charge is 0.223 e. The van der Waals surface area contributed by atoms with Gasteiger partial charge < -0.3 is 15.2 Å². The quantitative estimate of drug-likeness (QED) is 0.803. The minimum absolute atomic E-state index is 0.127. The molecule has 16 heavy (non-hydrogen) atoms. The first kappa shape index (κ1) is 11.1. The Morgan fingerprint density at radius 1 is 1.38 bits per heavy atom. The van der Waals surface area contributed by atoms with Crippen molar-refractivity contribution in [2.75, 3.05) is 19.0 Å². The molecule has 5 nitrogen and oxygen atoms in total. The molecule has 1 fully saturated rings. The lowest BCUT2D eigenvalue weighted by atomic mass is 9.99. The molecule has 5 heteroatoms. The number of rotatable bonds is 4. The van der Waals surface area contributed by atoms with Gasteiger partial charge in [-0.1, -0.05) is 12.8 Å². The van der Waals surface area contributed by atoms with Crippen LogP contribution in [0.1, 0.15) is 25.7 Å². The summed E-state index contributed by atoms with van der Waals surface area (Å²) in [5.41, 5.74) is -0.228. The number of nitrogens with one attached hydrogen (secondary N) is 1. The molecule has 88 valence electrons. The molecule has 0 radical (unpaired) electrons. The first-order valence-electron chi connectivity index (χ1n) is 5.53. The first-order chi connectivity index (χ1) is 7.78. The Balaban J connectivity index is 2.07. The maximum atomic E-state index is 9.44. The van der Waals surface area contributed by atoms with Crippen LogP contribution in [0.25, 0.3) is 0 Å². The Bertz CT molecular complexity index is 334. The highest BCUT2D eigenvalue weighted by atomic mass is 16.5. The van der Waals surface area contributed by atoms with Gasteiger partial charge in [-0.25, -0.2) is 9.97 Å². The average molecular weight is 223 g/mol. The molecule has 0 aromatic carbocycles. The molecule has 1 aliphatic rings. The molecule has 1 saturated carbocycles. The molecule has 0 aliphatic heterocycles. The van der Waals surface area contributed by atoms with Crippen LogP contribution in [0.3, 0.4) is 0 Å². The zero-order valence-electron chi connectivity index (χ0n) is 9.44. The van der Waals surface area contributed by atoms with E-state index in [-0.39, 0.29) is 12.1 Å². The van der Waals surface area contributed by atoms with Gasteiger partial charge in [0.25, 0.3) is 0 Å². The highest BCUT2D eigenvalue weighted by Crippen LogP contribution is 2.31. The van der Waals surface area contributed by atoms with Crippen molar-refractivity contribution in [1.29, 1.82) is 0 Å². The van der Waals surface area contributed by atoms with Crippen LogP contribution in [0, 0.1) is 0 Å². The van der Waals surface area contributed by atoms with E-state index in [4.69, 9.17) is 4.74 Å². The SMILES string of the molecule is COc1cnc(NC2(CO)CCCC2)nc1. The highest BCUT2D eigenvalue weighted by molar-refractivity contribution is 5.31. The molecule has 1 aliphatic carbocycles. The number of aliphatic hydroxyl groups excluding tert-OH is 1. The molecule has 0 atom stereocenters. The molecule has 1 aromatic rings. The third kappa shape index (κ3) is 2.24. The summed E-state index contributed by atoms with van der Waals surface area (Å²) in [6.07, 6.45) is 7.47. The van der Waals surface area contributed by atoms with Crippen molar-refractivity contribution in [3.63, 3.8) is 0 Å². The zero-order valence-corrected chi connectivity index (χ0v) is 9.44. The van der Waals surface area contributed by atoms with Crippen LogP contribution in [0.15, 0.2) is 12.4 Å². The van der Waals surface area contributed by atoms with E-state index in [1.807, 2.05) is 0 Å². The fourth-order valence-corrected chi connectivity index (χ4v) is 2.10. The van der Waals surface area contributed by atoms with Crippen LogP contribution in [0.5, 0.6) is 5.75 Å². The molecule has 2 rings (SSSR count). The maximum Gasteiger partial charge on any atom is 0.223 e. The minimum Gasteiger partial charge on any atom is -0.494 e. The molecular formula is C11H17N3O2. The standard InChI is InChI=1S/C11H17N3O2/c1-16-9-6-12-10(13-7-9)14-11(8-15)4-2-3-5-11/h6-7,15H,2-5,8H2,1H3,(H,12,13,14). The topological polar surface area (TPSA) is 67.3 Å². The number of aliphatic hydroxyl groups is 1. The van der Waals surface area contributed by atoms with E-state index in [9.17, 15) is 5.11 Å². The summed E-state index contributed by atoms with van der Waals surface area (Å²) in [6.45, 7) is 0.127. The van der Waals surface area contributed by atoms with E-state index < -0.39 is 0 Å². The molecule has 0 bridgehead atoms. The monoisotopic (exact) mass is 223 g/mol. The molecule has 0 unspecified atom stereocenters. The van der Waals surface area contributed by atoms with E-state index in [0.29, 0.717) is 11.7 Å². The highest BCUT2D eigenvalue weighted by Gasteiger charge is 2.33. The van der Waals surface area contributed by atoms with Gasteiger partial charge in [0, 0.05) is 0 Å². The van der Waals surface area contributed by atoms with Crippen molar-refractivity contribution in [3.8, 4) is 5.75 Å². The minimum atomic E-state index is -0.228. The molecule has 0 spiro atoms. The van der Waals surface area contributed by atoms with Crippen molar-refractivity contribution in [3.05, 3.63) is 12.4 Å². The Morgan fingerprint density at radius 2 is 2.00 bits per heavy atom. The number of aromatic nitrogens is 2. The predicted octanol–water partition coefficient (Wildman–Crippen LogP) is 1.20. The Morgan fingerprint density at radius 3 is 2.50 bits per heavy atom. The van der Waals surface area contributed by atoms with Crippen LogP contribution in [-0.2, 0) is 0 Å². The number of ether oxygens (including phenoxy) is 1. The molecule has 1 aromatic heterocycles. The number of nitrogens with zero attached hydrogens (tertiary/aromatic N) is 2. The van der Waals surface area contributed by atoms with Crippen LogP contribution in [0.4, 0.5) is 5.95 Å². The number of methoxy groups -OCH3 is 1. The van der Waals surface area contributed by atoms with Crippen molar-refractivity contribution in [2.45, 2.75) is 31.2 Å². The summed E-state index contributed by atoms with van der Waals surface area (Å²) in [5.74, 6) is 1.19. The average Bonchev–Trinajstić information content (AvgIpc) is 2.79. The van der Waals surface area contributed by atoms with Crippen LogP contribution < -0.4 is 10.1 Å². The van der Waals surface area contributed by atoms with Gasteiger partial charge in [0.2, 0.25) is 5.95 Å². The largest absolute Gasteiger partial charge is 0.494 e. The second-order valence-corrected chi connectivity index (χ2v) is 4.22. The van der Waals surface area contributed by atoms with Crippen molar-refractivity contribution in [2.24, 2.45) is 0 Å². The van der Waals surface area contributed by atoms with Crippen LogP contribution >= 0.6 is 0 Å². The Hall–Kier alpha value is -1.36. The lowest BCUT2D eigenvalue weighted by Gasteiger charge is -2.27. The third-order valence-corrected chi connectivity index (χ3v) is 3.10. The molecule has 0 amide bonds. The molecule has 0 saturated heterocycles. The molecule has 1 heterocycles. The number of hydrogen-bond donors (Lipinski definition) is 2. The van der Waals surface area contributed by atoms with Gasteiger partial charge in [0.1, 0.15) is 0 Å². The van der Waals surface area contributed by atoms with Crippen LogP contribution in [-0.4, -0.2) is 34.3 Å². The fraction of sp³-hybridized carbons (Fsp3) is 0.636. The molecule has 2 N–H and O–H groups in total. The lowest BCUT2D eigenvalue weighted by Crippen LogP contribution is -2.39. The van der Waals surface area contributed by atoms with E-state index in [1.165, 1.54) is 0 Å². The van der Waals surface area contributed by atoms with Gasteiger partial charge in [-0.2, -0.15) is 0 Å². The molecular weight excluding hydrogens is 206 g/mol. The first-order valence-corrected chi connectivity index (χ1v) is 5.53. The normalized spacial score (nSPS) is 18.4. The van der Waals surface area contributed by atoms with E-state index in [1.54, 1.807) is 19.5 Å². The third-order valence-electron chi connectivity index (χ3n) is 3.10. The van der Waals surface area contributed by atoms with Gasteiger partial charge in [-0.15, -0.1) is 0 Å². The summed E-state index contributed by atoms with van der Waals surface area (Å²) in [6, 6.07) is 0. The number of hydrogen-bond acceptors (Lipinski definition) is 5. The summed E-state index contributed by atoms with van der Waals surface area (Å²) >= 11 is 0. The lowest BCUT2D eigenvalue weighted by molar-refractivity contribution is 0.213. The van der Waals surface area contributed by atoms with Crippen molar-refractivity contribution in [1.82, 2.24) is 9.97 Å². The fourth-order valence-electron chi connectivity index (χ4n) is 2.10. The summed E-state index contributed by atoms with van der Waals surface area (Å²) < 4.78 is 4.99. The summed E-state index contributed by atoms with van der Waals surface area (Å²) in [5, 5.41) is 12.7. The van der Waals surface area contributed by atoms with Crippen LogP contribution in [0.2, 0.25) is 0 Å². The van der Waals surface area contributed by atoms with Crippen molar-refractivity contribution >= 4 is 5.95 Å². The van der Waals surface area contributed by atoms with E-state index in [0.717, 1.165) is 25.7 Å². The van der Waals surface area contributed by atoms with Crippen molar-refractivity contribution < 1.29 is 9.84 Å². The summed E-state index contributed by atoms with van der Waals surface area (Å²) in [7, 11) is 1.58. The zero-order chi connectivity index (χ0) is 11.4.